The van der Waals surface area contributed by atoms with Crippen LogP contribution in [0.5, 0.6) is 0 Å². The van der Waals surface area contributed by atoms with E-state index in [1.165, 1.54) is 24.4 Å². The molecule has 4 nitrogen and oxygen atoms in total. The predicted molar refractivity (Wildman–Crippen MR) is 58.9 cm³/mol. The zero-order valence-electron chi connectivity index (χ0n) is 8.99. The summed E-state index contributed by atoms with van der Waals surface area (Å²) in [6.07, 6.45) is 3.24. The molecule has 1 heterocycles. The van der Waals surface area contributed by atoms with E-state index in [0.717, 1.165) is 12.1 Å². The molecule has 0 aliphatic heterocycles. The molecule has 0 bridgehead atoms. The molecule has 1 aromatic rings. The van der Waals surface area contributed by atoms with Gasteiger partial charge < -0.3 is 5.32 Å². The topological polar surface area (TPSA) is 54.9 Å². The van der Waals surface area contributed by atoms with Crippen LogP contribution in [-0.2, 0) is 6.42 Å². The van der Waals surface area contributed by atoms with Crippen LogP contribution in [0.3, 0.4) is 0 Å². The summed E-state index contributed by atoms with van der Waals surface area (Å²) in [7, 11) is 0. The fraction of sp³-hybridized carbons (Fsp3) is 0.700. The van der Waals surface area contributed by atoms with Gasteiger partial charge in [-0.3, -0.25) is 4.79 Å². The highest BCUT2D eigenvalue weighted by atomic mass is 32.1. The first-order chi connectivity index (χ1) is 7.22. The van der Waals surface area contributed by atoms with Gasteiger partial charge in [0, 0.05) is 6.04 Å². The zero-order valence-corrected chi connectivity index (χ0v) is 9.80. The summed E-state index contributed by atoms with van der Waals surface area (Å²) < 4.78 is 3.81. The van der Waals surface area contributed by atoms with E-state index in [-0.39, 0.29) is 11.9 Å². The first kappa shape index (κ1) is 10.5. The Labute approximate surface area is 93.2 Å². The number of amides is 1. The monoisotopic (exact) mass is 225 g/mol. The summed E-state index contributed by atoms with van der Waals surface area (Å²) in [6, 6.07) is 0.282. The molecule has 1 saturated carbocycles. The molecule has 0 radical (unpaired) electrons. The number of hydrogen-bond donors (Lipinski definition) is 1. The van der Waals surface area contributed by atoms with Crippen LogP contribution in [0.4, 0.5) is 0 Å². The molecule has 5 heteroatoms. The van der Waals surface area contributed by atoms with Crippen molar-refractivity contribution >= 4 is 17.4 Å². The molecule has 1 aromatic heterocycles. The van der Waals surface area contributed by atoms with Crippen molar-refractivity contribution in [2.45, 2.75) is 39.2 Å². The molecular weight excluding hydrogens is 210 g/mol. The third kappa shape index (κ3) is 2.34. The highest BCUT2D eigenvalue weighted by Gasteiger charge is 2.29. The normalized spacial score (nSPS) is 17.5. The van der Waals surface area contributed by atoms with Gasteiger partial charge in [0.05, 0.1) is 5.69 Å². The van der Waals surface area contributed by atoms with Crippen LogP contribution >= 0.6 is 11.5 Å². The fourth-order valence-corrected chi connectivity index (χ4v) is 2.25. The average molecular weight is 225 g/mol. The summed E-state index contributed by atoms with van der Waals surface area (Å²) in [5.74, 6) is 0.668. The summed E-state index contributed by atoms with van der Waals surface area (Å²) >= 11 is 1.18. The van der Waals surface area contributed by atoms with Crippen molar-refractivity contribution in [1.82, 2.24) is 14.9 Å². The highest BCUT2D eigenvalue weighted by molar-refractivity contribution is 7.08. The van der Waals surface area contributed by atoms with Crippen molar-refractivity contribution in [2.24, 2.45) is 5.92 Å². The van der Waals surface area contributed by atoms with E-state index in [9.17, 15) is 4.79 Å². The minimum Gasteiger partial charge on any atom is -0.349 e. The van der Waals surface area contributed by atoms with E-state index < -0.39 is 0 Å². The summed E-state index contributed by atoms with van der Waals surface area (Å²) in [4.78, 5) is 12.5. The van der Waals surface area contributed by atoms with Gasteiger partial charge in [0.1, 0.15) is 4.88 Å². The Hall–Kier alpha value is -0.970. The molecule has 1 fully saturated rings. The third-order valence-electron chi connectivity index (χ3n) is 2.78. The van der Waals surface area contributed by atoms with Crippen LogP contribution in [0.1, 0.15) is 42.1 Å². The van der Waals surface area contributed by atoms with Crippen LogP contribution in [0.2, 0.25) is 0 Å². The average Bonchev–Trinajstić information content (AvgIpc) is 2.96. The Balaban J connectivity index is 2.00. The van der Waals surface area contributed by atoms with Crippen LogP contribution in [0.15, 0.2) is 0 Å². The maximum Gasteiger partial charge on any atom is 0.265 e. The zero-order chi connectivity index (χ0) is 10.8. The lowest BCUT2D eigenvalue weighted by atomic mass is 10.2. The van der Waals surface area contributed by atoms with E-state index in [1.54, 1.807) is 0 Å². The molecule has 2 rings (SSSR count). The van der Waals surface area contributed by atoms with E-state index >= 15 is 0 Å². The molecule has 1 atom stereocenters. The second-order valence-electron chi connectivity index (χ2n) is 4.00. The van der Waals surface area contributed by atoms with Crippen molar-refractivity contribution in [3.63, 3.8) is 0 Å². The minimum atomic E-state index is -0.0127. The highest BCUT2D eigenvalue weighted by Crippen LogP contribution is 2.32. The Morgan fingerprint density at radius 3 is 3.00 bits per heavy atom. The Morgan fingerprint density at radius 1 is 1.67 bits per heavy atom. The van der Waals surface area contributed by atoms with Gasteiger partial charge in [0.25, 0.3) is 5.91 Å². The van der Waals surface area contributed by atoms with Gasteiger partial charge in [0.15, 0.2) is 0 Å². The summed E-state index contributed by atoms with van der Waals surface area (Å²) in [5.41, 5.74) is 0.806. The van der Waals surface area contributed by atoms with Gasteiger partial charge in [-0.05, 0) is 43.6 Å². The van der Waals surface area contributed by atoms with Crippen LogP contribution in [-0.4, -0.2) is 21.5 Å². The van der Waals surface area contributed by atoms with Gasteiger partial charge in [-0.2, -0.15) is 0 Å². The molecule has 0 spiro atoms. The first-order valence-corrected chi connectivity index (χ1v) is 6.11. The lowest BCUT2D eigenvalue weighted by molar-refractivity contribution is 0.0939. The Bertz CT molecular complexity index is 359. The second-order valence-corrected chi connectivity index (χ2v) is 4.76. The molecule has 0 aromatic carbocycles. The van der Waals surface area contributed by atoms with Crippen molar-refractivity contribution in [2.75, 3.05) is 0 Å². The van der Waals surface area contributed by atoms with E-state index in [2.05, 4.69) is 21.8 Å². The number of carbonyl (C=O) groups is 1. The van der Waals surface area contributed by atoms with E-state index in [0.29, 0.717) is 10.8 Å². The third-order valence-corrected chi connectivity index (χ3v) is 3.55. The first-order valence-electron chi connectivity index (χ1n) is 5.34. The van der Waals surface area contributed by atoms with Crippen molar-refractivity contribution in [3.05, 3.63) is 10.6 Å². The van der Waals surface area contributed by atoms with Crippen LogP contribution < -0.4 is 5.32 Å². The molecule has 1 aliphatic carbocycles. The van der Waals surface area contributed by atoms with Gasteiger partial charge in [0.2, 0.25) is 0 Å². The standard InChI is InChI=1S/C10H15N3OS/c1-3-8-9(15-13-12-8)10(14)11-6(2)7-4-5-7/h6-7H,3-5H2,1-2H3,(H,11,14)/t6-/m0/s1. The maximum atomic E-state index is 11.8. The number of aromatic nitrogens is 2. The van der Waals surface area contributed by atoms with Crippen LogP contribution in [0, 0.1) is 5.92 Å². The number of hydrogen-bond acceptors (Lipinski definition) is 4. The second kappa shape index (κ2) is 4.26. The number of nitrogens with zero attached hydrogens (tertiary/aromatic N) is 2. The largest absolute Gasteiger partial charge is 0.349 e. The number of rotatable bonds is 4. The summed E-state index contributed by atoms with van der Waals surface area (Å²) in [6.45, 7) is 4.05. The molecule has 0 unspecified atom stereocenters. The smallest absolute Gasteiger partial charge is 0.265 e. The molecule has 1 amide bonds. The molecule has 1 aliphatic rings. The van der Waals surface area contributed by atoms with Crippen LogP contribution in [0.25, 0.3) is 0 Å². The van der Waals surface area contributed by atoms with E-state index in [4.69, 9.17) is 0 Å². The van der Waals surface area contributed by atoms with Gasteiger partial charge in [-0.1, -0.05) is 11.4 Å². The summed E-state index contributed by atoms with van der Waals surface area (Å²) in [5, 5.41) is 6.94. The molecule has 1 N–H and O–H groups in total. The maximum absolute atomic E-state index is 11.8. The predicted octanol–water partition coefficient (Wildman–Crippen LogP) is 1.63. The lowest BCUT2D eigenvalue weighted by Crippen LogP contribution is -2.34. The Morgan fingerprint density at radius 2 is 2.40 bits per heavy atom. The number of nitrogens with one attached hydrogen (secondary N) is 1. The molecule has 82 valence electrons. The fourth-order valence-electron chi connectivity index (χ4n) is 1.60. The SMILES string of the molecule is CCc1nnsc1C(=O)N[C@@H](C)C1CC1. The number of aryl methyl sites for hydroxylation is 1. The number of carbonyl (C=O) groups excluding carboxylic acids is 1. The quantitative estimate of drug-likeness (QED) is 0.847. The van der Waals surface area contributed by atoms with Crippen molar-refractivity contribution < 1.29 is 4.79 Å². The molecule has 0 saturated heterocycles. The van der Waals surface area contributed by atoms with Crippen molar-refractivity contribution in [3.8, 4) is 0 Å². The van der Waals surface area contributed by atoms with Gasteiger partial charge in [-0.25, -0.2) is 0 Å². The van der Waals surface area contributed by atoms with E-state index in [1.807, 2.05) is 6.92 Å². The van der Waals surface area contributed by atoms with Crippen molar-refractivity contribution in [1.29, 1.82) is 0 Å². The van der Waals surface area contributed by atoms with Gasteiger partial charge in [-0.15, -0.1) is 5.10 Å². The minimum absolute atomic E-state index is 0.0127. The Kier molecular flexibility index (Phi) is 3.00. The molecule has 15 heavy (non-hydrogen) atoms. The van der Waals surface area contributed by atoms with Gasteiger partial charge >= 0.3 is 0 Å². The molecular formula is C10H15N3OS. The lowest BCUT2D eigenvalue weighted by Gasteiger charge is -2.11.